The van der Waals surface area contributed by atoms with E-state index in [-0.39, 0.29) is 5.91 Å². The molecule has 29 heavy (non-hydrogen) atoms. The monoisotopic (exact) mass is 404 g/mol. The Morgan fingerprint density at radius 2 is 1.72 bits per heavy atom. The number of carbonyl (C=O) groups excluding carboxylic acids is 1. The largest absolute Gasteiger partial charge is 0.454 e. The summed E-state index contributed by atoms with van der Waals surface area (Å²) in [5.41, 5.74) is 1.66. The number of pyridine rings is 1. The van der Waals surface area contributed by atoms with Gasteiger partial charge in [0.15, 0.2) is 11.6 Å². The van der Waals surface area contributed by atoms with Crippen LogP contribution in [-0.4, -0.2) is 20.7 Å². The van der Waals surface area contributed by atoms with Crippen LogP contribution in [0.5, 0.6) is 11.5 Å². The van der Waals surface area contributed by atoms with Crippen molar-refractivity contribution in [3.05, 3.63) is 95.4 Å². The van der Waals surface area contributed by atoms with Crippen LogP contribution in [0.25, 0.3) is 5.82 Å². The Morgan fingerprint density at radius 3 is 2.48 bits per heavy atom. The van der Waals surface area contributed by atoms with Gasteiger partial charge in [0.1, 0.15) is 5.75 Å². The zero-order chi connectivity index (χ0) is 20.2. The van der Waals surface area contributed by atoms with Crippen molar-refractivity contribution < 1.29 is 9.53 Å². The first-order valence-corrected chi connectivity index (χ1v) is 9.30. The Hall–Kier alpha value is -3.64. The summed E-state index contributed by atoms with van der Waals surface area (Å²) < 4.78 is 7.53. The van der Waals surface area contributed by atoms with Crippen molar-refractivity contribution >= 4 is 23.2 Å². The normalized spacial score (nSPS) is 10.6. The van der Waals surface area contributed by atoms with Crippen molar-refractivity contribution in [3.63, 3.8) is 0 Å². The lowest BCUT2D eigenvalue weighted by atomic mass is 10.2. The second kappa shape index (κ2) is 8.16. The fourth-order valence-corrected chi connectivity index (χ4v) is 3.01. The van der Waals surface area contributed by atoms with Crippen molar-refractivity contribution in [2.45, 2.75) is 6.92 Å². The van der Waals surface area contributed by atoms with Gasteiger partial charge >= 0.3 is 0 Å². The first-order valence-electron chi connectivity index (χ1n) is 8.92. The molecular formula is C22H17ClN4O2. The van der Waals surface area contributed by atoms with Crippen LogP contribution in [0.1, 0.15) is 16.1 Å². The summed E-state index contributed by atoms with van der Waals surface area (Å²) >= 11 is 6.18. The third-order valence-electron chi connectivity index (χ3n) is 4.31. The third kappa shape index (κ3) is 3.97. The SMILES string of the molecule is Cc1c(C(=O)Nc2ccccc2Oc2ccccc2Cl)cnn1-c1ccccn1. The van der Waals surface area contributed by atoms with Gasteiger partial charge < -0.3 is 10.1 Å². The van der Waals surface area contributed by atoms with Gasteiger partial charge in [-0.2, -0.15) is 5.10 Å². The highest BCUT2D eigenvalue weighted by Gasteiger charge is 2.17. The fraction of sp³-hybridized carbons (Fsp3) is 0.0455. The summed E-state index contributed by atoms with van der Waals surface area (Å²) in [4.78, 5) is 17.2. The molecule has 4 rings (SSSR count). The van der Waals surface area contributed by atoms with Gasteiger partial charge in [-0.15, -0.1) is 0 Å². The van der Waals surface area contributed by atoms with E-state index >= 15 is 0 Å². The highest BCUT2D eigenvalue weighted by molar-refractivity contribution is 6.32. The minimum absolute atomic E-state index is 0.292. The Kier molecular flexibility index (Phi) is 5.27. The molecule has 0 radical (unpaired) electrons. The van der Waals surface area contributed by atoms with E-state index in [0.29, 0.717) is 39.3 Å². The van der Waals surface area contributed by atoms with Gasteiger partial charge in [0.2, 0.25) is 0 Å². The average Bonchev–Trinajstić information content (AvgIpc) is 3.13. The Balaban J connectivity index is 1.59. The minimum Gasteiger partial charge on any atom is -0.454 e. The summed E-state index contributed by atoms with van der Waals surface area (Å²) in [7, 11) is 0. The molecule has 0 aliphatic heterocycles. The second-order valence-corrected chi connectivity index (χ2v) is 6.63. The third-order valence-corrected chi connectivity index (χ3v) is 4.62. The molecule has 0 unspecified atom stereocenters. The number of hydrogen-bond acceptors (Lipinski definition) is 4. The summed E-state index contributed by atoms with van der Waals surface area (Å²) in [6, 6.07) is 19.9. The molecule has 0 saturated carbocycles. The van der Waals surface area contributed by atoms with Crippen LogP contribution in [0.3, 0.4) is 0 Å². The van der Waals surface area contributed by atoms with E-state index < -0.39 is 0 Å². The molecule has 7 heteroatoms. The molecule has 144 valence electrons. The van der Waals surface area contributed by atoms with E-state index in [9.17, 15) is 4.79 Å². The van der Waals surface area contributed by atoms with E-state index in [1.807, 2.05) is 49.4 Å². The van der Waals surface area contributed by atoms with Gasteiger partial charge in [-0.3, -0.25) is 4.79 Å². The van der Waals surface area contributed by atoms with Crippen molar-refractivity contribution in [2.75, 3.05) is 5.32 Å². The number of halogens is 1. The number of rotatable bonds is 5. The first-order chi connectivity index (χ1) is 14.1. The van der Waals surface area contributed by atoms with Gasteiger partial charge in [0.05, 0.1) is 28.2 Å². The van der Waals surface area contributed by atoms with Gasteiger partial charge in [-0.25, -0.2) is 9.67 Å². The van der Waals surface area contributed by atoms with Crippen molar-refractivity contribution in [3.8, 4) is 17.3 Å². The Bertz CT molecular complexity index is 1160. The van der Waals surface area contributed by atoms with Crippen molar-refractivity contribution in [1.82, 2.24) is 14.8 Å². The van der Waals surface area contributed by atoms with Gasteiger partial charge in [0, 0.05) is 6.20 Å². The molecule has 1 N–H and O–H groups in total. The van der Waals surface area contributed by atoms with Crippen molar-refractivity contribution in [2.24, 2.45) is 0 Å². The highest BCUT2D eigenvalue weighted by atomic mass is 35.5. The van der Waals surface area contributed by atoms with Crippen LogP contribution in [0.4, 0.5) is 5.69 Å². The van der Waals surface area contributed by atoms with Gasteiger partial charge in [-0.05, 0) is 43.3 Å². The number of ether oxygens (including phenoxy) is 1. The van der Waals surface area contributed by atoms with Crippen LogP contribution < -0.4 is 10.1 Å². The molecule has 0 saturated heterocycles. The quantitative estimate of drug-likeness (QED) is 0.491. The molecule has 4 aromatic rings. The van der Waals surface area contributed by atoms with E-state index in [2.05, 4.69) is 15.4 Å². The summed E-state index contributed by atoms with van der Waals surface area (Å²) in [5, 5.41) is 7.67. The molecular weight excluding hydrogens is 388 g/mol. The number of aromatic nitrogens is 3. The molecule has 2 heterocycles. The number of nitrogens with one attached hydrogen (secondary N) is 1. The average molecular weight is 405 g/mol. The maximum atomic E-state index is 12.9. The number of nitrogens with zero attached hydrogens (tertiary/aromatic N) is 3. The molecule has 2 aromatic carbocycles. The molecule has 6 nitrogen and oxygen atoms in total. The zero-order valence-corrected chi connectivity index (χ0v) is 16.3. The van der Waals surface area contributed by atoms with Crippen LogP contribution in [0.2, 0.25) is 5.02 Å². The number of carbonyl (C=O) groups is 1. The molecule has 0 fully saturated rings. The number of anilines is 1. The Morgan fingerprint density at radius 1 is 1.00 bits per heavy atom. The van der Waals surface area contributed by atoms with Crippen molar-refractivity contribution in [1.29, 1.82) is 0 Å². The molecule has 0 aliphatic carbocycles. The lowest BCUT2D eigenvalue weighted by Gasteiger charge is -2.13. The van der Waals surface area contributed by atoms with E-state index in [1.54, 1.807) is 35.1 Å². The summed E-state index contributed by atoms with van der Waals surface area (Å²) in [6.45, 7) is 1.82. The van der Waals surface area contributed by atoms with Gasteiger partial charge in [0.25, 0.3) is 5.91 Å². The van der Waals surface area contributed by atoms with Crippen LogP contribution in [0, 0.1) is 6.92 Å². The van der Waals surface area contributed by atoms with E-state index in [0.717, 1.165) is 0 Å². The molecule has 0 spiro atoms. The lowest BCUT2D eigenvalue weighted by molar-refractivity contribution is 0.102. The van der Waals surface area contributed by atoms with Crippen LogP contribution >= 0.6 is 11.6 Å². The number of para-hydroxylation sites is 3. The van der Waals surface area contributed by atoms with Crippen LogP contribution in [-0.2, 0) is 0 Å². The van der Waals surface area contributed by atoms with Crippen LogP contribution in [0.15, 0.2) is 79.1 Å². The van der Waals surface area contributed by atoms with Gasteiger partial charge in [-0.1, -0.05) is 41.9 Å². The van der Waals surface area contributed by atoms with E-state index in [1.165, 1.54) is 6.20 Å². The highest BCUT2D eigenvalue weighted by Crippen LogP contribution is 2.33. The smallest absolute Gasteiger partial charge is 0.259 e. The molecule has 0 aliphatic rings. The summed E-state index contributed by atoms with van der Waals surface area (Å²) in [5.74, 6) is 1.35. The standard InChI is InChI=1S/C22H17ClN4O2/c1-15-16(14-25-27(15)21-12-6-7-13-24-21)22(28)26-18-9-3-5-11-20(18)29-19-10-4-2-8-17(19)23/h2-14H,1H3,(H,26,28). The predicted molar refractivity (Wildman–Crippen MR) is 112 cm³/mol. The topological polar surface area (TPSA) is 69.0 Å². The van der Waals surface area contributed by atoms with E-state index in [4.69, 9.17) is 16.3 Å². The minimum atomic E-state index is -0.292. The predicted octanol–water partition coefficient (Wildman–Crippen LogP) is 5.27. The Labute approximate surface area is 172 Å². The maximum absolute atomic E-state index is 12.9. The summed E-state index contributed by atoms with van der Waals surface area (Å²) in [6.07, 6.45) is 3.20. The maximum Gasteiger partial charge on any atom is 0.259 e. The fourth-order valence-electron chi connectivity index (χ4n) is 2.84. The zero-order valence-electron chi connectivity index (χ0n) is 15.5. The number of amides is 1. The number of hydrogen-bond donors (Lipinski definition) is 1. The number of benzene rings is 2. The molecule has 0 atom stereocenters. The first kappa shape index (κ1) is 18.7. The second-order valence-electron chi connectivity index (χ2n) is 6.23. The molecule has 0 bridgehead atoms. The molecule has 2 aromatic heterocycles. The molecule has 1 amide bonds. The lowest BCUT2D eigenvalue weighted by Crippen LogP contribution is -2.14.